The van der Waals surface area contributed by atoms with Crippen molar-refractivity contribution in [3.63, 3.8) is 0 Å². The van der Waals surface area contributed by atoms with E-state index < -0.39 is 0 Å². The second-order valence-corrected chi connectivity index (χ2v) is 7.14. The summed E-state index contributed by atoms with van der Waals surface area (Å²) in [4.78, 5) is 0. The molecule has 0 aliphatic heterocycles. The van der Waals surface area contributed by atoms with Crippen molar-refractivity contribution in [2.45, 2.75) is 6.92 Å². The summed E-state index contributed by atoms with van der Waals surface area (Å²) in [6.07, 6.45) is 4.45. The smallest absolute Gasteiger partial charge is 0.00930 e. The summed E-state index contributed by atoms with van der Waals surface area (Å²) in [6.45, 7) is 2.12. The molecular weight excluding hydrogens is 324 g/mol. The molecule has 0 unspecified atom stereocenters. The van der Waals surface area contributed by atoms with E-state index in [9.17, 15) is 0 Å². The molecule has 0 radical (unpaired) electrons. The van der Waals surface area contributed by atoms with Crippen LogP contribution in [0.2, 0.25) is 0 Å². The quantitative estimate of drug-likeness (QED) is 0.228. The first-order valence-corrected chi connectivity index (χ1v) is 9.37. The van der Waals surface area contributed by atoms with Crippen LogP contribution in [0.15, 0.2) is 91.0 Å². The second kappa shape index (κ2) is 6.41. The molecule has 5 aromatic rings. The first kappa shape index (κ1) is 15.8. The van der Waals surface area contributed by atoms with E-state index in [1.54, 1.807) is 0 Å². The first-order valence-electron chi connectivity index (χ1n) is 9.37. The van der Waals surface area contributed by atoms with Gasteiger partial charge in [-0.3, -0.25) is 0 Å². The molecule has 27 heavy (non-hydrogen) atoms. The first-order chi connectivity index (χ1) is 13.3. The van der Waals surface area contributed by atoms with Crippen molar-refractivity contribution in [3.8, 4) is 0 Å². The standard InChI is InChI=1S/C27H20/c1-19-10-12-20(13-11-19)14-15-22-18-27-23-7-3-2-6-21(23)16-17-26(27)25-9-5-4-8-24(22)25/h2-18H,1H3/b15-14+. The van der Waals surface area contributed by atoms with Gasteiger partial charge >= 0.3 is 0 Å². The van der Waals surface area contributed by atoms with Crippen molar-refractivity contribution in [1.82, 2.24) is 0 Å². The lowest BCUT2D eigenvalue weighted by atomic mass is 9.93. The molecule has 0 heteroatoms. The lowest BCUT2D eigenvalue weighted by Gasteiger charge is -2.10. The molecule has 0 bridgehead atoms. The maximum Gasteiger partial charge on any atom is -0.00930 e. The third kappa shape index (κ3) is 2.80. The monoisotopic (exact) mass is 344 g/mol. The number of hydrogen-bond donors (Lipinski definition) is 0. The maximum absolute atomic E-state index is 2.34. The second-order valence-electron chi connectivity index (χ2n) is 7.14. The number of hydrogen-bond acceptors (Lipinski definition) is 0. The number of fused-ring (bicyclic) bond motifs is 5. The van der Waals surface area contributed by atoms with Crippen molar-refractivity contribution >= 4 is 44.5 Å². The van der Waals surface area contributed by atoms with E-state index in [2.05, 4.69) is 110 Å². The van der Waals surface area contributed by atoms with Gasteiger partial charge in [-0.1, -0.05) is 103 Å². The zero-order valence-electron chi connectivity index (χ0n) is 15.3. The molecule has 0 fully saturated rings. The zero-order chi connectivity index (χ0) is 18.2. The van der Waals surface area contributed by atoms with Gasteiger partial charge in [0.25, 0.3) is 0 Å². The fourth-order valence-electron chi connectivity index (χ4n) is 3.89. The Balaban J connectivity index is 1.79. The fourth-order valence-corrected chi connectivity index (χ4v) is 3.89. The van der Waals surface area contributed by atoms with Crippen LogP contribution in [0.3, 0.4) is 0 Å². The van der Waals surface area contributed by atoms with E-state index in [0.717, 1.165) is 0 Å². The lowest BCUT2D eigenvalue weighted by molar-refractivity contribution is 1.46. The molecule has 0 aliphatic carbocycles. The highest BCUT2D eigenvalue weighted by atomic mass is 14.1. The van der Waals surface area contributed by atoms with Crippen LogP contribution >= 0.6 is 0 Å². The van der Waals surface area contributed by atoms with Gasteiger partial charge in [0.15, 0.2) is 0 Å². The molecule has 0 heterocycles. The predicted molar refractivity (Wildman–Crippen MR) is 119 cm³/mol. The molecule has 5 aromatic carbocycles. The van der Waals surface area contributed by atoms with Gasteiger partial charge in [-0.05, 0) is 56.4 Å². The maximum atomic E-state index is 2.34. The van der Waals surface area contributed by atoms with Gasteiger partial charge in [-0.15, -0.1) is 0 Å². The SMILES string of the molecule is Cc1ccc(/C=C/c2cc3c4ccccc4ccc3c3ccccc23)cc1. The Labute approximate surface area is 159 Å². The van der Waals surface area contributed by atoms with E-state index in [-0.39, 0.29) is 0 Å². The molecule has 0 aliphatic rings. The Morgan fingerprint density at radius 3 is 2.00 bits per heavy atom. The van der Waals surface area contributed by atoms with Gasteiger partial charge in [0.2, 0.25) is 0 Å². The molecule has 0 amide bonds. The topological polar surface area (TPSA) is 0 Å². The molecule has 0 nitrogen and oxygen atoms in total. The summed E-state index contributed by atoms with van der Waals surface area (Å²) in [5.41, 5.74) is 3.77. The third-order valence-electron chi connectivity index (χ3n) is 5.33. The van der Waals surface area contributed by atoms with Crippen LogP contribution in [0.25, 0.3) is 44.5 Å². The third-order valence-corrected chi connectivity index (χ3v) is 5.33. The minimum atomic E-state index is 1.22. The van der Waals surface area contributed by atoms with Gasteiger partial charge in [0, 0.05) is 0 Å². The lowest BCUT2D eigenvalue weighted by Crippen LogP contribution is -1.84. The van der Waals surface area contributed by atoms with E-state index in [1.165, 1.54) is 49.0 Å². The summed E-state index contributed by atoms with van der Waals surface area (Å²) < 4.78 is 0. The molecule has 0 saturated carbocycles. The zero-order valence-corrected chi connectivity index (χ0v) is 15.3. The highest BCUT2D eigenvalue weighted by molar-refractivity contribution is 6.19. The van der Waals surface area contributed by atoms with Gasteiger partial charge < -0.3 is 0 Å². The summed E-state index contributed by atoms with van der Waals surface area (Å²) in [5.74, 6) is 0. The van der Waals surface area contributed by atoms with E-state index in [1.807, 2.05) is 0 Å². The van der Waals surface area contributed by atoms with Crippen LogP contribution in [-0.2, 0) is 0 Å². The minimum absolute atomic E-state index is 1.22. The van der Waals surface area contributed by atoms with E-state index >= 15 is 0 Å². The largest absolute Gasteiger partial charge is 0.0616 e. The summed E-state index contributed by atoms with van der Waals surface area (Å²) in [5, 5.41) is 7.83. The van der Waals surface area contributed by atoms with Crippen molar-refractivity contribution in [2.75, 3.05) is 0 Å². The highest BCUT2D eigenvalue weighted by Gasteiger charge is 2.07. The Kier molecular flexibility index (Phi) is 3.76. The molecular formula is C27H20. The summed E-state index contributed by atoms with van der Waals surface area (Å²) in [7, 11) is 0. The van der Waals surface area contributed by atoms with Crippen molar-refractivity contribution in [3.05, 3.63) is 108 Å². The number of benzene rings is 5. The Hall–Kier alpha value is -3.38. The van der Waals surface area contributed by atoms with Crippen molar-refractivity contribution in [1.29, 1.82) is 0 Å². The highest BCUT2D eigenvalue weighted by Crippen LogP contribution is 2.34. The Morgan fingerprint density at radius 1 is 0.519 bits per heavy atom. The molecule has 0 saturated heterocycles. The molecule has 0 N–H and O–H groups in total. The minimum Gasteiger partial charge on any atom is -0.0616 e. The van der Waals surface area contributed by atoms with Gasteiger partial charge in [0.1, 0.15) is 0 Å². The number of rotatable bonds is 2. The number of aryl methyl sites for hydroxylation is 1. The van der Waals surface area contributed by atoms with Crippen LogP contribution < -0.4 is 0 Å². The van der Waals surface area contributed by atoms with Crippen molar-refractivity contribution in [2.24, 2.45) is 0 Å². The van der Waals surface area contributed by atoms with Gasteiger partial charge in [0.05, 0.1) is 0 Å². The molecule has 0 spiro atoms. The Morgan fingerprint density at radius 2 is 1.19 bits per heavy atom. The molecule has 0 aromatic heterocycles. The molecule has 5 rings (SSSR count). The average Bonchev–Trinajstić information content (AvgIpc) is 2.73. The summed E-state index contributed by atoms with van der Waals surface area (Å²) >= 11 is 0. The van der Waals surface area contributed by atoms with Gasteiger partial charge in [-0.2, -0.15) is 0 Å². The summed E-state index contributed by atoms with van der Waals surface area (Å²) in [6, 6.07) is 32.8. The fraction of sp³-hybridized carbons (Fsp3) is 0.0370. The average molecular weight is 344 g/mol. The molecule has 0 atom stereocenters. The van der Waals surface area contributed by atoms with E-state index in [4.69, 9.17) is 0 Å². The van der Waals surface area contributed by atoms with Gasteiger partial charge in [-0.25, -0.2) is 0 Å². The Bertz CT molecular complexity index is 1310. The van der Waals surface area contributed by atoms with Crippen LogP contribution in [0.5, 0.6) is 0 Å². The van der Waals surface area contributed by atoms with Crippen LogP contribution in [0.1, 0.15) is 16.7 Å². The normalized spacial score (nSPS) is 11.7. The van der Waals surface area contributed by atoms with Crippen LogP contribution in [0, 0.1) is 6.92 Å². The molecule has 128 valence electrons. The van der Waals surface area contributed by atoms with E-state index in [0.29, 0.717) is 0 Å². The van der Waals surface area contributed by atoms with Crippen LogP contribution in [-0.4, -0.2) is 0 Å². The van der Waals surface area contributed by atoms with Crippen LogP contribution in [0.4, 0.5) is 0 Å². The predicted octanol–water partition coefficient (Wildman–Crippen LogP) is 7.63. The van der Waals surface area contributed by atoms with Crippen molar-refractivity contribution < 1.29 is 0 Å².